The average Bonchev–Trinajstić information content (AvgIpc) is 2.59. The van der Waals surface area contributed by atoms with E-state index in [2.05, 4.69) is 60.7 Å². The molecule has 0 aliphatic rings. The minimum absolute atomic E-state index is 0. The van der Waals surface area contributed by atoms with Gasteiger partial charge in [0.25, 0.3) is 0 Å². The second-order valence-corrected chi connectivity index (χ2v) is 9.29. The first kappa shape index (κ1) is 26.1. The lowest BCUT2D eigenvalue weighted by molar-refractivity contribution is 0.154. The van der Waals surface area contributed by atoms with Crippen molar-refractivity contribution >= 4 is 39.8 Å². The van der Waals surface area contributed by atoms with Crippen molar-refractivity contribution in [2.45, 2.75) is 32.6 Å². The number of nitrogens with zero attached hydrogens (tertiary/aromatic N) is 1. The highest BCUT2D eigenvalue weighted by Gasteiger charge is 2.20. The molecule has 1 aromatic rings. The molecule has 8 heteroatoms. The normalized spacial score (nSPS) is 12.4. The van der Waals surface area contributed by atoms with Crippen LogP contribution in [-0.4, -0.2) is 59.7 Å². The number of hydrogen-bond donors (Lipinski definition) is 2. The van der Waals surface area contributed by atoms with E-state index < -0.39 is 9.84 Å². The Labute approximate surface area is 181 Å². The molecule has 0 heterocycles. The van der Waals surface area contributed by atoms with E-state index in [0.717, 1.165) is 13.0 Å². The molecule has 0 unspecified atom stereocenters. The van der Waals surface area contributed by atoms with Gasteiger partial charge in [-0.25, -0.2) is 8.42 Å². The Morgan fingerprint density at radius 2 is 1.78 bits per heavy atom. The SMILES string of the molecule is CCc1ccc(C(C)(C)CNC(=NC)NCCOCCS(C)(=O)=O)cc1.I. The summed E-state index contributed by atoms with van der Waals surface area (Å²) < 4.78 is 27.4. The number of halogens is 1. The van der Waals surface area contributed by atoms with E-state index in [1.165, 1.54) is 17.4 Å². The molecular formula is C19H34IN3O3S. The van der Waals surface area contributed by atoms with Gasteiger partial charge in [0.2, 0.25) is 0 Å². The fourth-order valence-electron chi connectivity index (χ4n) is 2.37. The van der Waals surface area contributed by atoms with Crippen LogP contribution < -0.4 is 10.6 Å². The zero-order chi connectivity index (χ0) is 19.6. The highest BCUT2D eigenvalue weighted by molar-refractivity contribution is 14.0. The van der Waals surface area contributed by atoms with Crippen molar-refractivity contribution in [1.29, 1.82) is 0 Å². The van der Waals surface area contributed by atoms with Crippen molar-refractivity contribution in [2.75, 3.05) is 45.4 Å². The van der Waals surface area contributed by atoms with Crippen LogP contribution in [0.4, 0.5) is 0 Å². The molecule has 0 fully saturated rings. The molecule has 0 bridgehead atoms. The maximum atomic E-state index is 11.0. The lowest BCUT2D eigenvalue weighted by atomic mass is 9.84. The summed E-state index contributed by atoms with van der Waals surface area (Å²) in [6.45, 7) is 8.50. The van der Waals surface area contributed by atoms with E-state index in [1.54, 1.807) is 7.05 Å². The van der Waals surface area contributed by atoms with Gasteiger partial charge in [-0.15, -0.1) is 24.0 Å². The number of aryl methyl sites for hydroxylation is 1. The van der Waals surface area contributed by atoms with Crippen molar-refractivity contribution in [3.63, 3.8) is 0 Å². The maximum Gasteiger partial charge on any atom is 0.191 e. The summed E-state index contributed by atoms with van der Waals surface area (Å²) in [6, 6.07) is 8.73. The van der Waals surface area contributed by atoms with Gasteiger partial charge in [0.15, 0.2) is 5.96 Å². The number of rotatable bonds is 10. The van der Waals surface area contributed by atoms with Crippen LogP contribution in [0.25, 0.3) is 0 Å². The highest BCUT2D eigenvalue weighted by Crippen LogP contribution is 2.22. The first-order valence-corrected chi connectivity index (χ1v) is 11.0. The predicted molar refractivity (Wildman–Crippen MR) is 124 cm³/mol. The van der Waals surface area contributed by atoms with Crippen LogP contribution in [0.5, 0.6) is 0 Å². The second-order valence-electron chi connectivity index (χ2n) is 7.03. The van der Waals surface area contributed by atoms with Gasteiger partial charge in [0.05, 0.1) is 19.0 Å². The Balaban J connectivity index is 0.00000676. The summed E-state index contributed by atoms with van der Waals surface area (Å²) in [5.41, 5.74) is 2.59. The quantitative estimate of drug-likeness (QED) is 0.218. The molecule has 0 radical (unpaired) electrons. The third kappa shape index (κ3) is 10.9. The van der Waals surface area contributed by atoms with Crippen LogP contribution in [0.1, 0.15) is 31.9 Å². The minimum atomic E-state index is -2.97. The molecule has 0 aliphatic heterocycles. The Bertz CT molecular complexity index is 674. The molecule has 1 rings (SSSR count). The second kappa shape index (κ2) is 12.6. The smallest absolute Gasteiger partial charge is 0.191 e. The summed E-state index contributed by atoms with van der Waals surface area (Å²) in [6.07, 6.45) is 2.25. The van der Waals surface area contributed by atoms with E-state index in [-0.39, 0.29) is 41.8 Å². The Hall–Kier alpha value is -0.870. The third-order valence-electron chi connectivity index (χ3n) is 4.20. The van der Waals surface area contributed by atoms with Crippen molar-refractivity contribution in [1.82, 2.24) is 10.6 Å². The van der Waals surface area contributed by atoms with Gasteiger partial charge in [0, 0.05) is 31.8 Å². The zero-order valence-electron chi connectivity index (χ0n) is 17.0. The highest BCUT2D eigenvalue weighted by atomic mass is 127. The Kier molecular flexibility index (Phi) is 12.2. The molecule has 0 saturated carbocycles. The fraction of sp³-hybridized carbons (Fsp3) is 0.632. The number of aliphatic imine (C=N–C) groups is 1. The molecule has 0 aliphatic carbocycles. The molecule has 156 valence electrons. The molecule has 27 heavy (non-hydrogen) atoms. The van der Waals surface area contributed by atoms with Crippen molar-refractivity contribution in [3.05, 3.63) is 35.4 Å². The standard InChI is InChI=1S/C19H33N3O3S.HI/c1-6-16-7-9-17(10-8-16)19(2,3)15-22-18(20-4)21-11-12-25-13-14-26(5,23)24;/h7-10H,6,11-15H2,1-5H3,(H2,20,21,22);1H. The zero-order valence-corrected chi connectivity index (χ0v) is 20.2. The molecule has 0 amide bonds. The minimum Gasteiger partial charge on any atom is -0.379 e. The molecule has 0 atom stereocenters. The fourth-order valence-corrected chi connectivity index (χ4v) is 2.79. The van der Waals surface area contributed by atoms with Crippen molar-refractivity contribution < 1.29 is 13.2 Å². The molecule has 0 aromatic heterocycles. The number of benzene rings is 1. The summed E-state index contributed by atoms with van der Waals surface area (Å²) in [5.74, 6) is 0.750. The molecular weight excluding hydrogens is 477 g/mol. The van der Waals surface area contributed by atoms with E-state index in [4.69, 9.17) is 4.74 Å². The summed E-state index contributed by atoms with van der Waals surface area (Å²) in [5, 5.41) is 6.51. The number of guanidine groups is 1. The topological polar surface area (TPSA) is 79.8 Å². The lowest BCUT2D eigenvalue weighted by Crippen LogP contribution is -2.44. The van der Waals surface area contributed by atoms with Gasteiger partial charge in [0.1, 0.15) is 9.84 Å². The van der Waals surface area contributed by atoms with Crippen LogP contribution in [0, 0.1) is 0 Å². The van der Waals surface area contributed by atoms with Crippen LogP contribution in [0.15, 0.2) is 29.3 Å². The molecule has 6 nitrogen and oxygen atoms in total. The molecule has 2 N–H and O–H groups in total. The Morgan fingerprint density at radius 3 is 2.30 bits per heavy atom. The maximum absolute atomic E-state index is 11.0. The van der Waals surface area contributed by atoms with Gasteiger partial charge in [-0.05, 0) is 17.5 Å². The van der Waals surface area contributed by atoms with Crippen LogP contribution in [0.2, 0.25) is 0 Å². The van der Waals surface area contributed by atoms with Crippen molar-refractivity contribution in [3.8, 4) is 0 Å². The summed E-state index contributed by atoms with van der Waals surface area (Å²) >= 11 is 0. The summed E-state index contributed by atoms with van der Waals surface area (Å²) in [4.78, 5) is 4.21. The lowest BCUT2D eigenvalue weighted by Gasteiger charge is -2.27. The molecule has 1 aromatic carbocycles. The van der Waals surface area contributed by atoms with Crippen LogP contribution in [0.3, 0.4) is 0 Å². The molecule has 0 saturated heterocycles. The van der Waals surface area contributed by atoms with E-state index in [1.807, 2.05) is 0 Å². The third-order valence-corrected chi connectivity index (χ3v) is 5.11. The summed E-state index contributed by atoms with van der Waals surface area (Å²) in [7, 11) is -1.24. The van der Waals surface area contributed by atoms with Gasteiger partial charge < -0.3 is 15.4 Å². The Morgan fingerprint density at radius 1 is 1.15 bits per heavy atom. The molecule has 0 spiro atoms. The number of nitrogens with one attached hydrogen (secondary N) is 2. The number of hydrogen-bond acceptors (Lipinski definition) is 4. The van der Waals surface area contributed by atoms with Gasteiger partial charge >= 0.3 is 0 Å². The van der Waals surface area contributed by atoms with Gasteiger partial charge in [-0.3, -0.25) is 4.99 Å². The number of sulfone groups is 1. The number of ether oxygens (including phenoxy) is 1. The largest absolute Gasteiger partial charge is 0.379 e. The predicted octanol–water partition coefficient (Wildman–Crippen LogP) is 2.37. The van der Waals surface area contributed by atoms with Gasteiger partial charge in [-0.2, -0.15) is 0 Å². The first-order chi connectivity index (χ1) is 12.2. The monoisotopic (exact) mass is 511 g/mol. The van der Waals surface area contributed by atoms with E-state index >= 15 is 0 Å². The van der Waals surface area contributed by atoms with Crippen molar-refractivity contribution in [2.24, 2.45) is 4.99 Å². The first-order valence-electron chi connectivity index (χ1n) is 8.97. The van der Waals surface area contributed by atoms with Gasteiger partial charge in [-0.1, -0.05) is 45.0 Å². The van der Waals surface area contributed by atoms with Crippen LogP contribution in [-0.2, 0) is 26.4 Å². The van der Waals surface area contributed by atoms with E-state index in [0.29, 0.717) is 19.1 Å². The average molecular weight is 511 g/mol. The van der Waals surface area contributed by atoms with Crippen LogP contribution >= 0.6 is 24.0 Å². The van der Waals surface area contributed by atoms with E-state index in [9.17, 15) is 8.42 Å².